The Morgan fingerprint density at radius 1 is 1.10 bits per heavy atom. The van der Waals surface area contributed by atoms with Crippen molar-refractivity contribution in [3.8, 4) is 12.1 Å². The Labute approximate surface area is 116 Å². The summed E-state index contributed by atoms with van der Waals surface area (Å²) in [6.45, 7) is 0.174. The number of hydrogen-bond acceptors (Lipinski definition) is 3. The number of hydrogen-bond donors (Lipinski definition) is 0. The zero-order valence-electron chi connectivity index (χ0n) is 10.7. The molecule has 1 heterocycles. The van der Waals surface area contributed by atoms with E-state index in [1.165, 1.54) is 6.08 Å². The van der Waals surface area contributed by atoms with Crippen molar-refractivity contribution in [2.75, 3.05) is 0 Å². The summed E-state index contributed by atoms with van der Waals surface area (Å²) in [6.07, 6.45) is 3.22. The Morgan fingerprint density at radius 2 is 1.80 bits per heavy atom. The first-order valence-corrected chi connectivity index (χ1v) is 6.00. The second kappa shape index (κ2) is 6.17. The Kier molecular flexibility index (Phi) is 4.11. The molecule has 0 amide bonds. The van der Waals surface area contributed by atoms with Crippen LogP contribution in [0, 0.1) is 22.7 Å². The third kappa shape index (κ3) is 3.01. The molecule has 0 radical (unpaired) electrons. The van der Waals surface area contributed by atoms with Crippen LogP contribution in [0.2, 0.25) is 0 Å². The van der Waals surface area contributed by atoms with Crippen molar-refractivity contribution in [1.82, 2.24) is 4.57 Å². The summed E-state index contributed by atoms with van der Waals surface area (Å²) in [4.78, 5) is 12.1. The molecule has 0 spiro atoms. The van der Waals surface area contributed by atoms with Gasteiger partial charge in [0.1, 0.15) is 17.7 Å². The standard InChI is InChI=1S/C16H11N3O/c17-10-13(11-18)9-15-7-4-8-19(15)12-16(20)14-5-2-1-3-6-14/h1-9H,12H2. The second-order valence-electron chi connectivity index (χ2n) is 4.13. The molecule has 0 fully saturated rings. The van der Waals surface area contributed by atoms with Gasteiger partial charge in [0.25, 0.3) is 0 Å². The summed E-state index contributed by atoms with van der Waals surface area (Å²) in [7, 11) is 0. The van der Waals surface area contributed by atoms with Crippen molar-refractivity contribution in [2.24, 2.45) is 0 Å². The number of ketones is 1. The summed E-state index contributed by atoms with van der Waals surface area (Å²) in [5, 5.41) is 17.5. The van der Waals surface area contributed by atoms with E-state index in [2.05, 4.69) is 0 Å². The van der Waals surface area contributed by atoms with Crippen LogP contribution in [0.1, 0.15) is 16.1 Å². The number of benzene rings is 1. The molecule has 1 aromatic carbocycles. The number of carbonyl (C=O) groups excluding carboxylic acids is 1. The molecule has 0 atom stereocenters. The highest BCUT2D eigenvalue weighted by atomic mass is 16.1. The first-order valence-electron chi connectivity index (χ1n) is 6.00. The molecule has 0 unspecified atom stereocenters. The quantitative estimate of drug-likeness (QED) is 0.627. The molecule has 4 nitrogen and oxygen atoms in total. The van der Waals surface area contributed by atoms with E-state index in [9.17, 15) is 4.79 Å². The molecule has 0 aliphatic heterocycles. The average molecular weight is 261 g/mol. The van der Waals surface area contributed by atoms with Crippen LogP contribution in [0.15, 0.2) is 54.2 Å². The molecule has 1 aromatic heterocycles. The molecule has 0 aliphatic rings. The van der Waals surface area contributed by atoms with Crippen LogP contribution >= 0.6 is 0 Å². The number of nitrogens with zero attached hydrogens (tertiary/aromatic N) is 3. The predicted octanol–water partition coefficient (Wildman–Crippen LogP) is 2.80. The maximum atomic E-state index is 12.1. The van der Waals surface area contributed by atoms with Gasteiger partial charge < -0.3 is 4.57 Å². The lowest BCUT2D eigenvalue weighted by atomic mass is 10.1. The average Bonchev–Trinajstić information content (AvgIpc) is 2.92. The Hall–Kier alpha value is -3.11. The molecular weight excluding hydrogens is 250 g/mol. The summed E-state index contributed by atoms with van der Waals surface area (Å²) in [5.74, 6) is -0.0214. The van der Waals surface area contributed by atoms with Gasteiger partial charge in [-0.05, 0) is 18.2 Å². The molecule has 0 saturated heterocycles. The Balaban J connectivity index is 2.23. The SMILES string of the molecule is N#CC(C#N)=Cc1cccn1CC(=O)c1ccccc1. The number of Topliss-reactive ketones (excluding diaryl/α,β-unsaturated/α-hetero) is 1. The van der Waals surface area contributed by atoms with E-state index >= 15 is 0 Å². The lowest BCUT2D eigenvalue weighted by Crippen LogP contribution is -2.10. The third-order valence-corrected chi connectivity index (χ3v) is 2.81. The van der Waals surface area contributed by atoms with Crippen molar-refractivity contribution < 1.29 is 4.79 Å². The molecule has 4 heteroatoms. The van der Waals surface area contributed by atoms with Gasteiger partial charge in [-0.25, -0.2) is 0 Å². The molecular formula is C16H11N3O. The highest BCUT2D eigenvalue weighted by Crippen LogP contribution is 2.10. The molecule has 2 rings (SSSR count). The summed E-state index contributed by atoms with van der Waals surface area (Å²) in [5.41, 5.74) is 1.31. The minimum Gasteiger partial charge on any atom is -0.340 e. The second-order valence-corrected chi connectivity index (χ2v) is 4.13. The maximum Gasteiger partial charge on any atom is 0.182 e. The van der Waals surface area contributed by atoms with Crippen LogP contribution in [0.3, 0.4) is 0 Å². The van der Waals surface area contributed by atoms with Crippen molar-refractivity contribution in [1.29, 1.82) is 10.5 Å². The van der Waals surface area contributed by atoms with E-state index in [1.54, 1.807) is 47.2 Å². The lowest BCUT2D eigenvalue weighted by molar-refractivity contribution is 0.0972. The molecule has 20 heavy (non-hydrogen) atoms. The van der Waals surface area contributed by atoms with Gasteiger partial charge in [0.15, 0.2) is 5.78 Å². The first kappa shape index (κ1) is 13.3. The smallest absolute Gasteiger partial charge is 0.182 e. The molecule has 0 aliphatic carbocycles. The number of rotatable bonds is 4. The number of carbonyl (C=O) groups is 1. The van der Waals surface area contributed by atoms with Crippen LogP contribution in [-0.2, 0) is 6.54 Å². The Morgan fingerprint density at radius 3 is 2.45 bits per heavy atom. The summed E-state index contributed by atoms with van der Waals surface area (Å²) >= 11 is 0. The fourth-order valence-electron chi connectivity index (χ4n) is 1.81. The van der Waals surface area contributed by atoms with E-state index in [4.69, 9.17) is 10.5 Å². The van der Waals surface area contributed by atoms with E-state index in [-0.39, 0.29) is 17.9 Å². The number of allylic oxidation sites excluding steroid dienone is 1. The fourth-order valence-corrected chi connectivity index (χ4v) is 1.81. The molecule has 0 bridgehead atoms. The van der Waals surface area contributed by atoms with Crippen LogP contribution in [-0.4, -0.2) is 10.4 Å². The van der Waals surface area contributed by atoms with Gasteiger partial charge in [-0.2, -0.15) is 10.5 Å². The summed E-state index contributed by atoms with van der Waals surface area (Å²) in [6, 6.07) is 16.1. The fraction of sp³-hybridized carbons (Fsp3) is 0.0625. The highest BCUT2D eigenvalue weighted by molar-refractivity contribution is 5.96. The zero-order chi connectivity index (χ0) is 14.4. The van der Waals surface area contributed by atoms with E-state index < -0.39 is 0 Å². The van der Waals surface area contributed by atoms with Crippen molar-refractivity contribution in [3.05, 3.63) is 65.5 Å². The maximum absolute atomic E-state index is 12.1. The molecule has 96 valence electrons. The summed E-state index contributed by atoms with van der Waals surface area (Å²) < 4.78 is 1.71. The third-order valence-electron chi connectivity index (χ3n) is 2.81. The number of nitriles is 2. The highest BCUT2D eigenvalue weighted by Gasteiger charge is 2.08. The van der Waals surface area contributed by atoms with Gasteiger partial charge in [0.05, 0.1) is 6.54 Å². The normalized spacial score (nSPS) is 9.30. The first-order chi connectivity index (χ1) is 9.74. The predicted molar refractivity (Wildman–Crippen MR) is 74.4 cm³/mol. The van der Waals surface area contributed by atoms with Gasteiger partial charge in [0, 0.05) is 17.5 Å². The van der Waals surface area contributed by atoms with Crippen LogP contribution in [0.4, 0.5) is 0 Å². The van der Waals surface area contributed by atoms with Gasteiger partial charge in [-0.15, -0.1) is 0 Å². The topological polar surface area (TPSA) is 69.6 Å². The minimum atomic E-state index is -0.0214. The van der Waals surface area contributed by atoms with Crippen molar-refractivity contribution in [2.45, 2.75) is 6.54 Å². The van der Waals surface area contributed by atoms with Crippen molar-refractivity contribution >= 4 is 11.9 Å². The number of aromatic nitrogens is 1. The van der Waals surface area contributed by atoms with Gasteiger partial charge in [-0.3, -0.25) is 4.79 Å². The lowest BCUT2D eigenvalue weighted by Gasteiger charge is -2.05. The van der Waals surface area contributed by atoms with Crippen LogP contribution in [0.25, 0.3) is 6.08 Å². The molecule has 2 aromatic rings. The van der Waals surface area contributed by atoms with Crippen molar-refractivity contribution in [3.63, 3.8) is 0 Å². The monoisotopic (exact) mass is 261 g/mol. The van der Waals surface area contributed by atoms with E-state index in [0.717, 1.165) is 0 Å². The zero-order valence-corrected chi connectivity index (χ0v) is 10.7. The van der Waals surface area contributed by atoms with Gasteiger partial charge in [0.2, 0.25) is 0 Å². The molecule has 0 N–H and O–H groups in total. The van der Waals surface area contributed by atoms with Crippen LogP contribution in [0.5, 0.6) is 0 Å². The Bertz CT molecular complexity index is 711. The van der Waals surface area contributed by atoms with E-state index in [1.807, 2.05) is 18.2 Å². The van der Waals surface area contributed by atoms with E-state index in [0.29, 0.717) is 11.3 Å². The minimum absolute atomic E-state index is 0.0112. The van der Waals surface area contributed by atoms with Crippen LogP contribution < -0.4 is 0 Å². The van der Waals surface area contributed by atoms with Gasteiger partial charge >= 0.3 is 0 Å². The largest absolute Gasteiger partial charge is 0.340 e. The van der Waals surface area contributed by atoms with Gasteiger partial charge in [-0.1, -0.05) is 30.3 Å². The molecule has 0 saturated carbocycles.